The van der Waals surface area contributed by atoms with Crippen LogP contribution in [-0.4, -0.2) is 35.6 Å². The van der Waals surface area contributed by atoms with Crippen molar-refractivity contribution in [1.29, 1.82) is 0 Å². The van der Waals surface area contributed by atoms with Crippen molar-refractivity contribution in [1.82, 2.24) is 5.32 Å². The number of ether oxygens (including phenoxy) is 1. The second-order valence-electron chi connectivity index (χ2n) is 12.8. The van der Waals surface area contributed by atoms with E-state index in [1.54, 1.807) is 0 Å². The van der Waals surface area contributed by atoms with Crippen LogP contribution in [0.15, 0.2) is 72.9 Å². The normalized spacial score (nSPS) is 12.9. The average Bonchev–Trinajstić information content (AvgIpc) is 3.08. The van der Waals surface area contributed by atoms with E-state index >= 15 is 0 Å². The zero-order chi connectivity index (χ0) is 35.9. The Morgan fingerprint density at radius 3 is 1.65 bits per heavy atom. The maximum atomic E-state index is 12.7. The zero-order valence-corrected chi connectivity index (χ0v) is 31.3. The van der Waals surface area contributed by atoms with Crippen LogP contribution >= 0.6 is 0 Å². The third kappa shape index (κ3) is 37.5. The molecule has 0 heterocycles. The van der Waals surface area contributed by atoms with Crippen molar-refractivity contribution in [3.8, 4) is 0 Å². The molecule has 6 heteroatoms. The molecule has 0 bridgehead atoms. The molecule has 1 amide bonds. The van der Waals surface area contributed by atoms with Crippen LogP contribution in [0.5, 0.6) is 0 Å². The summed E-state index contributed by atoms with van der Waals surface area (Å²) in [6, 6.07) is 0. The third-order valence-electron chi connectivity index (χ3n) is 8.10. The van der Waals surface area contributed by atoms with Crippen molar-refractivity contribution in [3.05, 3.63) is 72.9 Å². The number of carbonyl (C=O) groups is 3. The molecule has 0 aliphatic heterocycles. The van der Waals surface area contributed by atoms with Crippen LogP contribution in [0.2, 0.25) is 0 Å². The van der Waals surface area contributed by atoms with Gasteiger partial charge in [-0.25, -0.2) is 0 Å². The zero-order valence-electron chi connectivity index (χ0n) is 31.3. The molecule has 0 saturated carbocycles. The van der Waals surface area contributed by atoms with Crippen LogP contribution in [0.4, 0.5) is 0 Å². The topological polar surface area (TPSA) is 92.7 Å². The number of nitrogens with one attached hydrogen (secondary N) is 1. The summed E-state index contributed by atoms with van der Waals surface area (Å²) >= 11 is 0. The highest BCUT2D eigenvalue weighted by Crippen LogP contribution is 2.15. The minimum atomic E-state index is -1.03. The van der Waals surface area contributed by atoms with E-state index in [9.17, 15) is 14.4 Å². The Balaban J connectivity index is 4.34. The molecule has 0 fully saturated rings. The van der Waals surface area contributed by atoms with E-state index in [0.717, 1.165) is 96.3 Å². The molecule has 49 heavy (non-hydrogen) atoms. The van der Waals surface area contributed by atoms with Gasteiger partial charge in [0.1, 0.15) is 12.6 Å². The van der Waals surface area contributed by atoms with Crippen LogP contribution in [0.3, 0.4) is 0 Å². The number of hydrogen-bond acceptors (Lipinski definition) is 4. The standard InChI is InChI=1S/C43H71NO5/c1-3-5-7-9-11-13-15-16-17-18-19-21-23-25-30-34-38-43(48)49-40(35-31-27-24-22-20-14-12-10-8-6-4-2)36-32-28-26-29-33-37-41(45)44-39-42(46)47/h6,8,12-15,17-18,22,24,31,35,40H,3-5,7,9-11,16,19-21,23,25-30,32-34,36-39H2,1-2H3,(H,44,45)(H,46,47)/b8-6-,14-12-,15-13-,18-17-,24-22-,35-31-. The average molecular weight is 682 g/mol. The van der Waals surface area contributed by atoms with E-state index in [0.29, 0.717) is 12.8 Å². The molecule has 0 radical (unpaired) electrons. The van der Waals surface area contributed by atoms with Gasteiger partial charge in [0.25, 0.3) is 0 Å². The van der Waals surface area contributed by atoms with E-state index in [1.165, 1.54) is 44.9 Å². The summed E-state index contributed by atoms with van der Waals surface area (Å²) < 4.78 is 5.89. The van der Waals surface area contributed by atoms with Gasteiger partial charge < -0.3 is 15.2 Å². The largest absolute Gasteiger partial charge is 0.480 e. The van der Waals surface area contributed by atoms with Gasteiger partial charge in [-0.3, -0.25) is 14.4 Å². The number of rotatable bonds is 34. The number of amides is 1. The number of hydrogen-bond donors (Lipinski definition) is 2. The number of aliphatic carboxylic acids is 1. The lowest BCUT2D eigenvalue weighted by Crippen LogP contribution is -2.28. The second-order valence-corrected chi connectivity index (χ2v) is 12.8. The molecule has 278 valence electrons. The maximum absolute atomic E-state index is 12.7. The number of allylic oxidation sites excluding steroid dienone is 11. The smallest absolute Gasteiger partial charge is 0.322 e. The van der Waals surface area contributed by atoms with E-state index in [1.807, 2.05) is 6.08 Å². The van der Waals surface area contributed by atoms with Crippen molar-refractivity contribution in [2.75, 3.05) is 6.54 Å². The lowest BCUT2D eigenvalue weighted by molar-refractivity contribution is -0.147. The number of carboxylic acid groups (broad SMARTS) is 1. The first-order valence-electron chi connectivity index (χ1n) is 19.6. The molecular weight excluding hydrogens is 610 g/mol. The highest BCUT2D eigenvalue weighted by atomic mass is 16.5. The summed E-state index contributed by atoms with van der Waals surface area (Å²) in [5.74, 6) is -1.35. The minimum Gasteiger partial charge on any atom is -0.480 e. The molecule has 0 saturated heterocycles. The number of carbonyl (C=O) groups excluding carboxylic acids is 2. The first kappa shape index (κ1) is 45.9. The fraction of sp³-hybridized carbons (Fsp3) is 0.651. The summed E-state index contributed by atoms with van der Waals surface area (Å²) in [6.07, 6.45) is 50.3. The van der Waals surface area contributed by atoms with Gasteiger partial charge in [0.2, 0.25) is 5.91 Å². The van der Waals surface area contributed by atoms with Gasteiger partial charge in [0, 0.05) is 12.8 Å². The molecule has 0 aromatic heterocycles. The fourth-order valence-corrected chi connectivity index (χ4v) is 5.22. The van der Waals surface area contributed by atoms with Gasteiger partial charge in [-0.15, -0.1) is 0 Å². The first-order valence-corrected chi connectivity index (χ1v) is 19.6. The van der Waals surface area contributed by atoms with Crippen molar-refractivity contribution in [3.63, 3.8) is 0 Å². The summed E-state index contributed by atoms with van der Waals surface area (Å²) in [4.78, 5) is 34.9. The molecule has 0 aromatic carbocycles. The van der Waals surface area contributed by atoms with Gasteiger partial charge in [-0.1, -0.05) is 138 Å². The van der Waals surface area contributed by atoms with E-state index in [4.69, 9.17) is 9.84 Å². The molecule has 1 atom stereocenters. The second kappa shape index (κ2) is 37.7. The summed E-state index contributed by atoms with van der Waals surface area (Å²) in [5, 5.41) is 11.1. The minimum absolute atomic E-state index is 0.110. The van der Waals surface area contributed by atoms with Gasteiger partial charge in [-0.05, 0) is 89.5 Å². The summed E-state index contributed by atoms with van der Waals surface area (Å²) in [5.41, 5.74) is 0. The highest BCUT2D eigenvalue weighted by molar-refractivity contribution is 5.80. The van der Waals surface area contributed by atoms with Crippen molar-refractivity contribution >= 4 is 17.8 Å². The quantitative estimate of drug-likeness (QED) is 0.0400. The predicted octanol–water partition coefficient (Wildman–Crippen LogP) is 11.8. The molecule has 6 nitrogen and oxygen atoms in total. The van der Waals surface area contributed by atoms with Gasteiger partial charge in [-0.2, -0.15) is 0 Å². The molecule has 0 aliphatic carbocycles. The van der Waals surface area contributed by atoms with Crippen molar-refractivity contribution in [2.24, 2.45) is 0 Å². The van der Waals surface area contributed by atoms with Gasteiger partial charge in [0.15, 0.2) is 0 Å². The summed E-state index contributed by atoms with van der Waals surface area (Å²) in [6.45, 7) is 4.06. The Hall–Kier alpha value is -3.15. The Morgan fingerprint density at radius 1 is 0.571 bits per heavy atom. The molecular formula is C43H71NO5. The fourth-order valence-electron chi connectivity index (χ4n) is 5.22. The SMILES string of the molecule is CC/C=C\C/C=C\C/C=C\C/C=C\C(CCCCCCCC(=O)NCC(=O)O)OC(=O)CCCCCCC/C=C\C/C=C\CCCCCC. The number of unbranched alkanes of at least 4 members (excludes halogenated alkanes) is 13. The third-order valence-corrected chi connectivity index (χ3v) is 8.10. The summed E-state index contributed by atoms with van der Waals surface area (Å²) in [7, 11) is 0. The van der Waals surface area contributed by atoms with Crippen LogP contribution in [-0.2, 0) is 19.1 Å². The van der Waals surface area contributed by atoms with Crippen molar-refractivity contribution < 1.29 is 24.2 Å². The molecule has 0 rings (SSSR count). The lowest BCUT2D eigenvalue weighted by atomic mass is 10.1. The van der Waals surface area contributed by atoms with Gasteiger partial charge >= 0.3 is 11.9 Å². The van der Waals surface area contributed by atoms with Crippen LogP contribution in [0.1, 0.15) is 168 Å². The Labute approximate surface area is 300 Å². The van der Waals surface area contributed by atoms with Crippen LogP contribution in [0.25, 0.3) is 0 Å². The maximum Gasteiger partial charge on any atom is 0.322 e. The molecule has 2 N–H and O–H groups in total. The van der Waals surface area contributed by atoms with E-state index in [-0.39, 0.29) is 24.5 Å². The number of carboxylic acids is 1. The Kier molecular flexibility index (Phi) is 35.2. The van der Waals surface area contributed by atoms with Crippen LogP contribution < -0.4 is 5.32 Å². The molecule has 1 unspecified atom stereocenters. The predicted molar refractivity (Wildman–Crippen MR) is 208 cm³/mol. The van der Waals surface area contributed by atoms with E-state index < -0.39 is 5.97 Å². The number of esters is 1. The van der Waals surface area contributed by atoms with E-state index in [2.05, 4.69) is 86.0 Å². The lowest BCUT2D eigenvalue weighted by Gasteiger charge is -2.14. The monoisotopic (exact) mass is 682 g/mol. The first-order chi connectivity index (χ1) is 24.0. The highest BCUT2D eigenvalue weighted by Gasteiger charge is 2.11. The Bertz CT molecular complexity index is 975. The van der Waals surface area contributed by atoms with Crippen LogP contribution in [0, 0.1) is 0 Å². The molecule has 0 aliphatic rings. The Morgan fingerprint density at radius 2 is 1.06 bits per heavy atom. The molecule has 0 spiro atoms. The molecule has 0 aromatic rings. The van der Waals surface area contributed by atoms with Crippen molar-refractivity contribution in [2.45, 2.75) is 174 Å². The van der Waals surface area contributed by atoms with Gasteiger partial charge in [0.05, 0.1) is 0 Å².